The first-order valence-electron chi connectivity index (χ1n) is 5.93. The van der Waals surface area contributed by atoms with E-state index in [1.54, 1.807) is 6.20 Å². The zero-order valence-electron chi connectivity index (χ0n) is 11.2. The summed E-state index contributed by atoms with van der Waals surface area (Å²) in [4.78, 5) is 22.0. The summed E-state index contributed by atoms with van der Waals surface area (Å²) < 4.78 is 0. The Morgan fingerprint density at radius 2 is 1.79 bits per heavy atom. The maximum Gasteiger partial charge on any atom is 0.275 e. The second kappa shape index (κ2) is 5.48. The summed E-state index contributed by atoms with van der Waals surface area (Å²) in [5.41, 5.74) is 2.90. The van der Waals surface area contributed by atoms with Gasteiger partial charge in [-0.3, -0.25) is 9.78 Å². The summed E-state index contributed by atoms with van der Waals surface area (Å²) in [6.07, 6.45) is 3.04. The molecule has 0 aliphatic carbocycles. The Morgan fingerprint density at radius 3 is 2.32 bits per heavy atom. The molecule has 98 valence electrons. The van der Waals surface area contributed by atoms with Crippen LogP contribution < -0.4 is 10.2 Å². The van der Waals surface area contributed by atoms with Gasteiger partial charge in [-0.15, -0.1) is 0 Å². The van der Waals surface area contributed by atoms with E-state index in [0.717, 1.165) is 17.1 Å². The number of rotatable bonds is 3. The van der Waals surface area contributed by atoms with Gasteiger partial charge >= 0.3 is 0 Å². The van der Waals surface area contributed by atoms with Crippen molar-refractivity contribution in [1.82, 2.24) is 9.97 Å². The molecule has 0 spiro atoms. The van der Waals surface area contributed by atoms with Crippen molar-refractivity contribution >= 4 is 17.3 Å². The third-order valence-electron chi connectivity index (χ3n) is 2.66. The fourth-order valence-electron chi connectivity index (χ4n) is 1.55. The van der Waals surface area contributed by atoms with Crippen LogP contribution in [0.25, 0.3) is 0 Å². The number of carbonyl (C=O) groups is 1. The van der Waals surface area contributed by atoms with Crippen LogP contribution in [0.1, 0.15) is 16.2 Å². The summed E-state index contributed by atoms with van der Waals surface area (Å²) in [5, 5.41) is 2.78. The highest BCUT2D eigenvalue weighted by atomic mass is 16.1. The molecular weight excluding hydrogens is 240 g/mol. The van der Waals surface area contributed by atoms with Crippen LogP contribution in [-0.4, -0.2) is 30.0 Å². The number of benzene rings is 1. The highest BCUT2D eigenvalue weighted by molar-refractivity contribution is 6.02. The SMILES string of the molecule is Cc1cnc(C(=O)Nc2ccc(N(C)C)cc2)cn1. The lowest BCUT2D eigenvalue weighted by Gasteiger charge is -2.12. The Morgan fingerprint density at radius 1 is 1.11 bits per heavy atom. The zero-order chi connectivity index (χ0) is 13.8. The molecule has 0 unspecified atom stereocenters. The molecule has 2 aromatic rings. The average molecular weight is 256 g/mol. The highest BCUT2D eigenvalue weighted by Gasteiger charge is 2.07. The molecule has 0 aliphatic heterocycles. The summed E-state index contributed by atoms with van der Waals surface area (Å²) >= 11 is 0. The van der Waals surface area contributed by atoms with E-state index >= 15 is 0 Å². The second-order valence-electron chi connectivity index (χ2n) is 4.44. The number of nitrogens with one attached hydrogen (secondary N) is 1. The van der Waals surface area contributed by atoms with E-state index in [4.69, 9.17) is 0 Å². The minimum absolute atomic E-state index is 0.259. The van der Waals surface area contributed by atoms with Crippen LogP contribution in [0.5, 0.6) is 0 Å². The van der Waals surface area contributed by atoms with E-state index in [-0.39, 0.29) is 5.91 Å². The fourth-order valence-corrected chi connectivity index (χ4v) is 1.55. The Bertz CT molecular complexity index is 561. The number of carbonyl (C=O) groups excluding carboxylic acids is 1. The summed E-state index contributed by atoms with van der Waals surface area (Å²) in [6.45, 7) is 1.83. The summed E-state index contributed by atoms with van der Waals surface area (Å²) in [6, 6.07) is 7.59. The van der Waals surface area contributed by atoms with E-state index in [9.17, 15) is 4.79 Å². The Hall–Kier alpha value is -2.43. The van der Waals surface area contributed by atoms with Crippen LogP contribution in [0.2, 0.25) is 0 Å². The maximum atomic E-state index is 11.9. The van der Waals surface area contributed by atoms with E-state index in [1.807, 2.05) is 50.2 Å². The van der Waals surface area contributed by atoms with Crippen molar-refractivity contribution in [3.63, 3.8) is 0 Å². The van der Waals surface area contributed by atoms with Crippen molar-refractivity contribution in [3.05, 3.63) is 48.0 Å². The number of hydrogen-bond donors (Lipinski definition) is 1. The molecule has 0 saturated carbocycles. The molecule has 1 aromatic heterocycles. The maximum absolute atomic E-state index is 11.9. The molecule has 0 bridgehead atoms. The first kappa shape index (κ1) is 13.0. The number of amides is 1. The topological polar surface area (TPSA) is 58.1 Å². The lowest BCUT2D eigenvalue weighted by Crippen LogP contribution is -2.14. The van der Waals surface area contributed by atoms with Crippen molar-refractivity contribution in [1.29, 1.82) is 0 Å². The van der Waals surface area contributed by atoms with Crippen LogP contribution >= 0.6 is 0 Å². The van der Waals surface area contributed by atoms with Gasteiger partial charge in [0.2, 0.25) is 0 Å². The smallest absolute Gasteiger partial charge is 0.275 e. The Kier molecular flexibility index (Phi) is 3.75. The third-order valence-corrected chi connectivity index (χ3v) is 2.66. The molecule has 2 rings (SSSR count). The third kappa shape index (κ3) is 3.28. The van der Waals surface area contributed by atoms with Gasteiger partial charge in [-0.05, 0) is 31.2 Å². The number of hydrogen-bond acceptors (Lipinski definition) is 4. The molecule has 5 heteroatoms. The largest absolute Gasteiger partial charge is 0.378 e. The molecule has 5 nitrogen and oxygen atoms in total. The minimum atomic E-state index is -0.259. The van der Waals surface area contributed by atoms with Gasteiger partial charge in [-0.25, -0.2) is 4.98 Å². The lowest BCUT2D eigenvalue weighted by molar-refractivity contribution is 0.102. The highest BCUT2D eigenvalue weighted by Crippen LogP contribution is 2.16. The van der Waals surface area contributed by atoms with Crippen molar-refractivity contribution in [2.75, 3.05) is 24.3 Å². The fraction of sp³-hybridized carbons (Fsp3) is 0.214. The van der Waals surface area contributed by atoms with Gasteiger partial charge in [0.05, 0.1) is 11.9 Å². The van der Waals surface area contributed by atoms with Gasteiger partial charge in [0, 0.05) is 31.7 Å². The number of aryl methyl sites for hydroxylation is 1. The van der Waals surface area contributed by atoms with Crippen LogP contribution in [-0.2, 0) is 0 Å². The van der Waals surface area contributed by atoms with Gasteiger partial charge in [-0.1, -0.05) is 0 Å². The lowest BCUT2D eigenvalue weighted by atomic mass is 10.2. The van der Waals surface area contributed by atoms with Gasteiger partial charge in [0.25, 0.3) is 5.91 Å². The number of anilines is 2. The van der Waals surface area contributed by atoms with E-state index in [0.29, 0.717) is 5.69 Å². The predicted molar refractivity (Wildman–Crippen MR) is 75.5 cm³/mol. The number of nitrogens with zero attached hydrogens (tertiary/aromatic N) is 3. The van der Waals surface area contributed by atoms with E-state index in [1.165, 1.54) is 6.20 Å². The molecule has 0 aliphatic rings. The van der Waals surface area contributed by atoms with Crippen LogP contribution in [0.3, 0.4) is 0 Å². The van der Waals surface area contributed by atoms with E-state index in [2.05, 4.69) is 15.3 Å². The molecule has 0 atom stereocenters. The Balaban J connectivity index is 2.08. The average Bonchev–Trinajstić information content (AvgIpc) is 2.40. The molecule has 1 N–H and O–H groups in total. The molecule has 1 amide bonds. The standard InChI is InChI=1S/C14H16N4O/c1-10-8-16-13(9-15-10)14(19)17-11-4-6-12(7-5-11)18(2)3/h4-9H,1-3H3,(H,17,19). The van der Waals surface area contributed by atoms with Crippen LogP contribution in [0.15, 0.2) is 36.7 Å². The second-order valence-corrected chi connectivity index (χ2v) is 4.44. The quantitative estimate of drug-likeness (QED) is 0.913. The van der Waals surface area contributed by atoms with Gasteiger partial charge < -0.3 is 10.2 Å². The minimum Gasteiger partial charge on any atom is -0.378 e. The van der Waals surface area contributed by atoms with E-state index < -0.39 is 0 Å². The normalized spacial score (nSPS) is 10.1. The van der Waals surface area contributed by atoms with Crippen molar-refractivity contribution in [3.8, 4) is 0 Å². The Labute approximate surface area is 112 Å². The summed E-state index contributed by atoms with van der Waals surface area (Å²) in [5.74, 6) is -0.259. The monoisotopic (exact) mass is 256 g/mol. The molecule has 0 radical (unpaired) electrons. The van der Waals surface area contributed by atoms with Gasteiger partial charge in [0.1, 0.15) is 5.69 Å². The van der Waals surface area contributed by atoms with Crippen LogP contribution in [0.4, 0.5) is 11.4 Å². The van der Waals surface area contributed by atoms with Crippen LogP contribution in [0, 0.1) is 6.92 Å². The first-order chi connectivity index (χ1) is 9.06. The summed E-state index contributed by atoms with van der Waals surface area (Å²) in [7, 11) is 3.94. The molecule has 0 fully saturated rings. The molecule has 1 aromatic carbocycles. The molecule has 19 heavy (non-hydrogen) atoms. The van der Waals surface area contributed by atoms with Crippen molar-refractivity contribution in [2.24, 2.45) is 0 Å². The van der Waals surface area contributed by atoms with Crippen molar-refractivity contribution < 1.29 is 4.79 Å². The number of aromatic nitrogens is 2. The predicted octanol–water partition coefficient (Wildman–Crippen LogP) is 2.10. The van der Waals surface area contributed by atoms with Gasteiger partial charge in [0.15, 0.2) is 0 Å². The molecule has 1 heterocycles. The van der Waals surface area contributed by atoms with Gasteiger partial charge in [-0.2, -0.15) is 0 Å². The van der Waals surface area contributed by atoms with Crippen molar-refractivity contribution in [2.45, 2.75) is 6.92 Å². The molecular formula is C14H16N4O. The first-order valence-corrected chi connectivity index (χ1v) is 5.93. The zero-order valence-corrected chi connectivity index (χ0v) is 11.2. The molecule has 0 saturated heterocycles.